The highest BCUT2D eigenvalue weighted by Crippen LogP contribution is 2.46. The zero-order valence-corrected chi connectivity index (χ0v) is 19.3. The van der Waals surface area contributed by atoms with Gasteiger partial charge in [-0.05, 0) is 54.3 Å². The van der Waals surface area contributed by atoms with Crippen LogP contribution in [0.1, 0.15) is 44.3 Å². The molecule has 0 radical (unpaired) electrons. The molecule has 0 bridgehead atoms. The van der Waals surface area contributed by atoms with E-state index in [-0.39, 0.29) is 17.7 Å². The van der Waals surface area contributed by atoms with Crippen molar-refractivity contribution in [2.24, 2.45) is 0 Å². The summed E-state index contributed by atoms with van der Waals surface area (Å²) in [4.78, 5) is 15.4. The number of carbonyl (C=O) groups excluding carboxylic acids is 1. The molecule has 0 aliphatic carbocycles. The van der Waals surface area contributed by atoms with Crippen molar-refractivity contribution in [3.05, 3.63) is 105 Å². The fourth-order valence-corrected chi connectivity index (χ4v) is 4.84. The molecule has 0 fully saturated rings. The molecule has 0 saturated heterocycles. The number of aromatic hydroxyl groups is 1. The summed E-state index contributed by atoms with van der Waals surface area (Å²) in [6, 6.07) is 21.4. The second kappa shape index (κ2) is 7.95. The first-order valence-corrected chi connectivity index (χ1v) is 11.2. The second-order valence-corrected chi connectivity index (χ2v) is 9.13. The van der Waals surface area contributed by atoms with Gasteiger partial charge in [-0.25, -0.2) is 0 Å². The first-order chi connectivity index (χ1) is 15.4. The molecule has 1 unspecified atom stereocenters. The standard InChI is InChI=1S/C26H22BrN3O2/c1-15-12-16(2)21(20(31)13-15)23-22-24(29-28-23)26(32)30(14-17-6-4-3-5-7-17)25(22)18-8-10-19(27)11-9-18/h3-13,25,31H,14H2,1-2H3,(H,28,29). The minimum absolute atomic E-state index is 0.0974. The molecule has 6 heteroatoms. The van der Waals surface area contributed by atoms with E-state index in [2.05, 4.69) is 26.1 Å². The third-order valence-corrected chi connectivity index (χ3v) is 6.47. The van der Waals surface area contributed by atoms with Crippen LogP contribution < -0.4 is 0 Å². The van der Waals surface area contributed by atoms with Crippen LogP contribution >= 0.6 is 15.9 Å². The number of nitrogens with one attached hydrogen (secondary N) is 1. The molecule has 1 atom stereocenters. The molecule has 0 saturated carbocycles. The van der Waals surface area contributed by atoms with Crippen LogP contribution in [0.3, 0.4) is 0 Å². The van der Waals surface area contributed by atoms with Gasteiger partial charge in [-0.3, -0.25) is 9.89 Å². The van der Waals surface area contributed by atoms with E-state index in [1.54, 1.807) is 6.07 Å². The molecule has 1 aromatic heterocycles. The number of aryl methyl sites for hydroxylation is 2. The first-order valence-electron chi connectivity index (χ1n) is 10.4. The van der Waals surface area contributed by atoms with Crippen LogP contribution in [0.25, 0.3) is 11.3 Å². The van der Waals surface area contributed by atoms with Crippen molar-refractivity contribution in [3.63, 3.8) is 0 Å². The number of phenols is 1. The summed E-state index contributed by atoms with van der Waals surface area (Å²) in [5.74, 6) is 0.0695. The number of phenolic OH excluding ortho intramolecular Hbond substituents is 1. The molecule has 4 aromatic rings. The number of aromatic amines is 1. The van der Waals surface area contributed by atoms with Crippen molar-refractivity contribution in [2.45, 2.75) is 26.4 Å². The van der Waals surface area contributed by atoms with Crippen molar-refractivity contribution in [3.8, 4) is 17.0 Å². The molecule has 3 aromatic carbocycles. The van der Waals surface area contributed by atoms with E-state index < -0.39 is 0 Å². The summed E-state index contributed by atoms with van der Waals surface area (Å²) < 4.78 is 0.972. The van der Waals surface area contributed by atoms with Crippen LogP contribution in [0.4, 0.5) is 0 Å². The summed E-state index contributed by atoms with van der Waals surface area (Å²) in [5, 5.41) is 18.2. The monoisotopic (exact) mass is 487 g/mol. The summed E-state index contributed by atoms with van der Waals surface area (Å²) in [6.07, 6.45) is 0. The number of hydrogen-bond acceptors (Lipinski definition) is 3. The summed E-state index contributed by atoms with van der Waals surface area (Å²) >= 11 is 3.50. The average molecular weight is 488 g/mol. The number of carbonyl (C=O) groups is 1. The SMILES string of the molecule is Cc1cc(C)c(-c2n[nH]c3c2C(c2ccc(Br)cc2)N(Cc2ccccc2)C3=O)c(O)c1. The Balaban J connectivity index is 1.69. The van der Waals surface area contributed by atoms with Crippen LogP contribution in [0.15, 0.2) is 71.2 Å². The van der Waals surface area contributed by atoms with E-state index in [1.165, 1.54) is 0 Å². The van der Waals surface area contributed by atoms with Gasteiger partial charge < -0.3 is 10.0 Å². The number of hydrogen-bond donors (Lipinski definition) is 2. The van der Waals surface area contributed by atoms with Crippen molar-refractivity contribution >= 4 is 21.8 Å². The van der Waals surface area contributed by atoms with E-state index in [1.807, 2.05) is 79.4 Å². The third-order valence-electron chi connectivity index (χ3n) is 5.94. The minimum atomic E-state index is -0.320. The number of nitrogens with zero attached hydrogens (tertiary/aromatic N) is 2. The molecule has 160 valence electrons. The lowest BCUT2D eigenvalue weighted by atomic mass is 9.93. The average Bonchev–Trinajstić information content (AvgIpc) is 3.29. The lowest BCUT2D eigenvalue weighted by Crippen LogP contribution is -2.29. The normalized spacial score (nSPS) is 15.3. The fourth-order valence-electron chi connectivity index (χ4n) is 4.58. The molecule has 32 heavy (non-hydrogen) atoms. The van der Waals surface area contributed by atoms with Crippen LogP contribution in [0, 0.1) is 13.8 Å². The summed E-state index contributed by atoms with van der Waals surface area (Å²) in [5.41, 5.74) is 6.48. The van der Waals surface area contributed by atoms with Gasteiger partial charge >= 0.3 is 0 Å². The van der Waals surface area contributed by atoms with Gasteiger partial charge in [0.15, 0.2) is 0 Å². The largest absolute Gasteiger partial charge is 0.507 e. The maximum Gasteiger partial charge on any atom is 0.273 e. The number of amides is 1. The number of benzene rings is 3. The minimum Gasteiger partial charge on any atom is -0.507 e. The molecule has 5 rings (SSSR count). The lowest BCUT2D eigenvalue weighted by Gasteiger charge is -2.27. The number of aromatic nitrogens is 2. The Bertz CT molecular complexity index is 1290. The van der Waals surface area contributed by atoms with E-state index in [0.29, 0.717) is 23.5 Å². The summed E-state index contributed by atoms with van der Waals surface area (Å²) in [6.45, 7) is 4.37. The predicted octanol–water partition coefficient (Wildman–Crippen LogP) is 5.91. The Labute approximate surface area is 194 Å². The van der Waals surface area contributed by atoms with Crippen LogP contribution in [0.5, 0.6) is 5.75 Å². The van der Waals surface area contributed by atoms with Crippen LogP contribution in [0.2, 0.25) is 0 Å². The maximum absolute atomic E-state index is 13.5. The van der Waals surface area contributed by atoms with Crippen molar-refractivity contribution in [2.75, 3.05) is 0 Å². The highest BCUT2D eigenvalue weighted by atomic mass is 79.9. The highest BCUT2D eigenvalue weighted by molar-refractivity contribution is 9.10. The van der Waals surface area contributed by atoms with Crippen molar-refractivity contribution < 1.29 is 9.90 Å². The quantitative estimate of drug-likeness (QED) is 0.376. The van der Waals surface area contributed by atoms with Crippen LogP contribution in [-0.2, 0) is 6.54 Å². The summed E-state index contributed by atoms with van der Waals surface area (Å²) in [7, 11) is 0. The molecule has 1 aliphatic heterocycles. The van der Waals surface area contributed by atoms with E-state index in [9.17, 15) is 9.90 Å². The fraction of sp³-hybridized carbons (Fsp3) is 0.154. The van der Waals surface area contributed by atoms with Gasteiger partial charge in [0.2, 0.25) is 0 Å². The third kappa shape index (κ3) is 3.41. The Morgan fingerprint density at radius 3 is 2.47 bits per heavy atom. The van der Waals surface area contributed by atoms with Gasteiger partial charge in [-0.1, -0.05) is 64.5 Å². The van der Waals surface area contributed by atoms with Gasteiger partial charge in [0.25, 0.3) is 5.91 Å². The second-order valence-electron chi connectivity index (χ2n) is 8.21. The molecule has 5 nitrogen and oxygen atoms in total. The molecule has 1 amide bonds. The number of H-pyrrole nitrogens is 1. The van der Waals surface area contributed by atoms with Gasteiger partial charge in [-0.2, -0.15) is 5.10 Å². The van der Waals surface area contributed by atoms with Gasteiger partial charge in [0, 0.05) is 22.1 Å². The smallest absolute Gasteiger partial charge is 0.273 e. The number of rotatable bonds is 4. The zero-order chi connectivity index (χ0) is 22.4. The molecule has 0 spiro atoms. The first kappa shape index (κ1) is 20.5. The molecular weight excluding hydrogens is 466 g/mol. The van der Waals surface area contributed by atoms with E-state index in [4.69, 9.17) is 0 Å². The van der Waals surface area contributed by atoms with Gasteiger partial charge in [0.1, 0.15) is 17.1 Å². The molecular formula is C26H22BrN3O2. The zero-order valence-electron chi connectivity index (χ0n) is 17.8. The van der Waals surface area contributed by atoms with Gasteiger partial charge in [-0.15, -0.1) is 0 Å². The van der Waals surface area contributed by atoms with Crippen LogP contribution in [-0.4, -0.2) is 26.1 Å². The Morgan fingerprint density at radius 2 is 1.78 bits per heavy atom. The molecule has 1 aliphatic rings. The topological polar surface area (TPSA) is 69.2 Å². The lowest BCUT2D eigenvalue weighted by molar-refractivity contribution is 0.0730. The Kier molecular flexibility index (Phi) is 5.10. The van der Waals surface area contributed by atoms with E-state index >= 15 is 0 Å². The van der Waals surface area contributed by atoms with Gasteiger partial charge in [0.05, 0.1) is 6.04 Å². The van der Waals surface area contributed by atoms with E-state index in [0.717, 1.165) is 32.3 Å². The Morgan fingerprint density at radius 1 is 1.06 bits per heavy atom. The number of fused-ring (bicyclic) bond motifs is 1. The Hall–Kier alpha value is -3.38. The maximum atomic E-state index is 13.5. The molecule has 2 N–H and O–H groups in total. The predicted molar refractivity (Wildman–Crippen MR) is 127 cm³/mol. The van der Waals surface area contributed by atoms with Crippen molar-refractivity contribution in [1.29, 1.82) is 0 Å². The van der Waals surface area contributed by atoms with Crippen molar-refractivity contribution in [1.82, 2.24) is 15.1 Å². The highest BCUT2D eigenvalue weighted by Gasteiger charge is 2.42. The molecule has 2 heterocycles. The number of halogens is 1.